The summed E-state index contributed by atoms with van der Waals surface area (Å²) in [5, 5.41) is 0. The van der Waals surface area contributed by atoms with Crippen molar-refractivity contribution in [3.8, 4) is 5.75 Å². The number of Topliss-reactive ketones (excluding diaryl/α,β-unsaturated/α-hetero) is 1. The van der Waals surface area contributed by atoms with E-state index in [1.165, 1.54) is 0 Å². The molecule has 1 fully saturated rings. The Kier molecular flexibility index (Phi) is 5.31. The highest BCUT2D eigenvalue weighted by Gasteiger charge is 2.19. The minimum absolute atomic E-state index is 0.201. The van der Waals surface area contributed by atoms with Crippen molar-refractivity contribution < 1.29 is 9.53 Å². The molecule has 0 atom stereocenters. The van der Waals surface area contributed by atoms with Crippen LogP contribution in [0.3, 0.4) is 0 Å². The summed E-state index contributed by atoms with van der Waals surface area (Å²) < 4.78 is 5.38. The van der Waals surface area contributed by atoms with Gasteiger partial charge in [0.1, 0.15) is 5.75 Å². The summed E-state index contributed by atoms with van der Waals surface area (Å²) in [6, 6.07) is 0.293. The highest BCUT2D eigenvalue weighted by molar-refractivity contribution is 5.82. The number of hydrogen-bond donors (Lipinski definition) is 1. The number of likely N-dealkylation sites (tertiary alicyclic amines) is 1. The number of carbonyl (C=O) groups excluding carboxylic acids is 1. The van der Waals surface area contributed by atoms with Gasteiger partial charge < -0.3 is 10.5 Å². The zero-order valence-corrected chi connectivity index (χ0v) is 13.2. The van der Waals surface area contributed by atoms with Gasteiger partial charge in [-0.1, -0.05) is 0 Å². The first-order chi connectivity index (χ1) is 10.0. The molecule has 2 rings (SSSR count). The van der Waals surface area contributed by atoms with Crippen LogP contribution >= 0.6 is 0 Å². The summed E-state index contributed by atoms with van der Waals surface area (Å²) >= 11 is 0. The number of aryl methyl sites for hydroxylation is 1. The second-order valence-corrected chi connectivity index (χ2v) is 5.88. The second kappa shape index (κ2) is 7.00. The van der Waals surface area contributed by atoms with Gasteiger partial charge in [0.25, 0.3) is 0 Å². The first-order valence-corrected chi connectivity index (χ1v) is 7.50. The molecule has 1 aliphatic heterocycles. The van der Waals surface area contributed by atoms with E-state index in [2.05, 4.69) is 9.88 Å². The van der Waals surface area contributed by atoms with E-state index in [-0.39, 0.29) is 5.78 Å². The fourth-order valence-electron chi connectivity index (χ4n) is 2.85. The number of ketones is 1. The van der Waals surface area contributed by atoms with Crippen LogP contribution in [0.15, 0.2) is 6.20 Å². The molecule has 0 saturated carbocycles. The molecule has 116 valence electrons. The maximum absolute atomic E-state index is 12.2. The van der Waals surface area contributed by atoms with Gasteiger partial charge in [0, 0.05) is 36.5 Å². The van der Waals surface area contributed by atoms with Crippen molar-refractivity contribution in [2.45, 2.75) is 39.2 Å². The molecule has 2 N–H and O–H groups in total. The van der Waals surface area contributed by atoms with Crippen molar-refractivity contribution >= 4 is 5.78 Å². The summed E-state index contributed by atoms with van der Waals surface area (Å²) in [5.41, 5.74) is 8.66. The van der Waals surface area contributed by atoms with Gasteiger partial charge in [-0.3, -0.25) is 14.7 Å². The summed E-state index contributed by atoms with van der Waals surface area (Å²) in [4.78, 5) is 18.8. The van der Waals surface area contributed by atoms with Crippen LogP contribution in [0.4, 0.5) is 0 Å². The van der Waals surface area contributed by atoms with Crippen molar-refractivity contribution in [1.29, 1.82) is 0 Å². The predicted molar refractivity (Wildman–Crippen MR) is 82.6 cm³/mol. The SMILES string of the molecule is COc1c(C)cnc(CC(=O)CN2CCC(N)CC2)c1C. The van der Waals surface area contributed by atoms with Gasteiger partial charge in [-0.2, -0.15) is 0 Å². The van der Waals surface area contributed by atoms with Crippen molar-refractivity contribution in [2.24, 2.45) is 5.73 Å². The van der Waals surface area contributed by atoms with E-state index in [9.17, 15) is 4.79 Å². The van der Waals surface area contributed by atoms with Crippen LogP contribution in [0.5, 0.6) is 5.75 Å². The van der Waals surface area contributed by atoms with Gasteiger partial charge in [0.05, 0.1) is 25.8 Å². The molecule has 0 radical (unpaired) electrons. The maximum atomic E-state index is 12.2. The fourth-order valence-corrected chi connectivity index (χ4v) is 2.85. The molecular weight excluding hydrogens is 266 g/mol. The zero-order chi connectivity index (χ0) is 15.4. The number of nitrogens with zero attached hydrogens (tertiary/aromatic N) is 2. The first kappa shape index (κ1) is 15.9. The lowest BCUT2D eigenvalue weighted by Gasteiger charge is -2.29. The van der Waals surface area contributed by atoms with E-state index in [0.29, 0.717) is 19.0 Å². The second-order valence-electron chi connectivity index (χ2n) is 5.88. The smallest absolute Gasteiger partial charge is 0.152 e. The summed E-state index contributed by atoms with van der Waals surface area (Å²) in [6.45, 7) is 6.24. The normalized spacial score (nSPS) is 17.0. The number of piperidine rings is 1. The minimum atomic E-state index is 0.201. The van der Waals surface area contributed by atoms with E-state index in [0.717, 1.165) is 48.5 Å². The molecule has 0 aromatic carbocycles. The monoisotopic (exact) mass is 291 g/mol. The highest BCUT2D eigenvalue weighted by Crippen LogP contribution is 2.24. The zero-order valence-electron chi connectivity index (χ0n) is 13.2. The number of nitrogens with two attached hydrogens (primary N) is 1. The van der Waals surface area contributed by atoms with E-state index in [1.54, 1.807) is 13.3 Å². The quantitative estimate of drug-likeness (QED) is 0.884. The molecule has 1 saturated heterocycles. The van der Waals surface area contributed by atoms with Crippen LogP contribution in [0, 0.1) is 13.8 Å². The van der Waals surface area contributed by atoms with Crippen LogP contribution in [0.1, 0.15) is 29.7 Å². The molecule has 1 aromatic rings. The van der Waals surface area contributed by atoms with Crippen molar-refractivity contribution in [1.82, 2.24) is 9.88 Å². The fraction of sp³-hybridized carbons (Fsp3) is 0.625. The lowest BCUT2D eigenvalue weighted by molar-refractivity contribution is -0.119. The van der Waals surface area contributed by atoms with Crippen LogP contribution in [0.25, 0.3) is 0 Å². The number of methoxy groups -OCH3 is 1. The molecule has 21 heavy (non-hydrogen) atoms. The minimum Gasteiger partial charge on any atom is -0.496 e. The Morgan fingerprint density at radius 3 is 2.71 bits per heavy atom. The van der Waals surface area contributed by atoms with Gasteiger partial charge in [0.2, 0.25) is 0 Å². The summed E-state index contributed by atoms with van der Waals surface area (Å²) in [6.07, 6.45) is 4.09. The molecule has 5 heteroatoms. The molecule has 0 bridgehead atoms. The third-order valence-electron chi connectivity index (χ3n) is 4.15. The van der Waals surface area contributed by atoms with Crippen molar-refractivity contribution in [2.75, 3.05) is 26.7 Å². The van der Waals surface area contributed by atoms with Crippen LogP contribution < -0.4 is 10.5 Å². The van der Waals surface area contributed by atoms with Crippen molar-refractivity contribution in [3.05, 3.63) is 23.0 Å². The Hall–Kier alpha value is -1.46. The van der Waals surface area contributed by atoms with Gasteiger partial charge in [-0.15, -0.1) is 0 Å². The highest BCUT2D eigenvalue weighted by atomic mass is 16.5. The van der Waals surface area contributed by atoms with Gasteiger partial charge in [0.15, 0.2) is 5.78 Å². The number of aromatic nitrogens is 1. The molecule has 2 heterocycles. The van der Waals surface area contributed by atoms with Gasteiger partial charge in [-0.25, -0.2) is 0 Å². The number of pyridine rings is 1. The largest absolute Gasteiger partial charge is 0.496 e. The molecule has 0 spiro atoms. The number of carbonyl (C=O) groups is 1. The Bertz CT molecular complexity index is 508. The standard InChI is InChI=1S/C16H25N3O2/c1-11-9-18-15(12(2)16(11)21-3)8-14(20)10-19-6-4-13(17)5-7-19/h9,13H,4-8,10,17H2,1-3H3. The van der Waals surface area contributed by atoms with Gasteiger partial charge >= 0.3 is 0 Å². The Labute approximate surface area is 126 Å². The van der Waals surface area contributed by atoms with Crippen LogP contribution in [-0.2, 0) is 11.2 Å². The number of ether oxygens (including phenoxy) is 1. The van der Waals surface area contributed by atoms with E-state index in [4.69, 9.17) is 10.5 Å². The summed E-state index contributed by atoms with van der Waals surface area (Å²) in [5.74, 6) is 1.03. The van der Waals surface area contributed by atoms with E-state index in [1.807, 2.05) is 13.8 Å². The third-order valence-corrected chi connectivity index (χ3v) is 4.15. The first-order valence-electron chi connectivity index (χ1n) is 7.50. The maximum Gasteiger partial charge on any atom is 0.152 e. The lowest BCUT2D eigenvalue weighted by atomic mass is 10.0. The van der Waals surface area contributed by atoms with Gasteiger partial charge in [-0.05, 0) is 26.7 Å². The number of rotatable bonds is 5. The average Bonchev–Trinajstić information content (AvgIpc) is 2.45. The molecule has 0 unspecified atom stereocenters. The molecule has 0 amide bonds. The Morgan fingerprint density at radius 1 is 1.43 bits per heavy atom. The topological polar surface area (TPSA) is 68.5 Å². The van der Waals surface area contributed by atoms with Crippen LogP contribution in [-0.4, -0.2) is 48.5 Å². The lowest BCUT2D eigenvalue weighted by Crippen LogP contribution is -2.42. The molecular formula is C16H25N3O2. The van der Waals surface area contributed by atoms with E-state index < -0.39 is 0 Å². The molecule has 0 aliphatic carbocycles. The molecule has 1 aliphatic rings. The predicted octanol–water partition coefficient (Wildman–Crippen LogP) is 1.24. The Morgan fingerprint density at radius 2 is 2.10 bits per heavy atom. The summed E-state index contributed by atoms with van der Waals surface area (Å²) in [7, 11) is 1.65. The molecule has 5 nitrogen and oxygen atoms in total. The average molecular weight is 291 g/mol. The molecule has 1 aromatic heterocycles. The third kappa shape index (κ3) is 4.02. The number of hydrogen-bond acceptors (Lipinski definition) is 5. The Balaban J connectivity index is 1.97. The van der Waals surface area contributed by atoms with E-state index >= 15 is 0 Å². The van der Waals surface area contributed by atoms with Crippen LogP contribution in [0.2, 0.25) is 0 Å². The van der Waals surface area contributed by atoms with Crippen molar-refractivity contribution in [3.63, 3.8) is 0 Å².